The molecule has 0 aliphatic carbocycles. The molecule has 0 amide bonds. The maximum Gasteiger partial charge on any atom is 0.247 e. The molecule has 3 heteroatoms. The predicted octanol–water partition coefficient (Wildman–Crippen LogP) is 4.45. The Labute approximate surface area is 124 Å². The molecule has 0 atom stereocenters. The van der Waals surface area contributed by atoms with Gasteiger partial charge in [-0.2, -0.15) is 0 Å². The van der Waals surface area contributed by atoms with E-state index in [1.165, 1.54) is 11.1 Å². The Morgan fingerprint density at radius 1 is 0.952 bits per heavy atom. The van der Waals surface area contributed by atoms with Crippen LogP contribution in [-0.2, 0) is 6.42 Å². The average Bonchev–Trinajstić information content (AvgIpc) is 2.97. The summed E-state index contributed by atoms with van der Waals surface area (Å²) in [4.78, 5) is 0. The lowest BCUT2D eigenvalue weighted by molar-refractivity contribution is 0.518. The molecule has 3 rings (SSSR count). The van der Waals surface area contributed by atoms with Gasteiger partial charge in [0, 0.05) is 5.56 Å². The predicted molar refractivity (Wildman–Crippen MR) is 83.1 cm³/mol. The van der Waals surface area contributed by atoms with Crippen LogP contribution in [0.3, 0.4) is 0 Å². The Kier molecular flexibility index (Phi) is 3.82. The van der Waals surface area contributed by atoms with E-state index in [1.54, 1.807) is 0 Å². The molecule has 3 aromatic rings. The summed E-state index contributed by atoms with van der Waals surface area (Å²) in [6.07, 6.45) is 0.667. The first kappa shape index (κ1) is 13.6. The van der Waals surface area contributed by atoms with Crippen molar-refractivity contribution >= 4 is 0 Å². The van der Waals surface area contributed by atoms with E-state index in [0.717, 1.165) is 5.56 Å². The number of benzene rings is 2. The van der Waals surface area contributed by atoms with E-state index in [1.807, 2.05) is 30.3 Å². The summed E-state index contributed by atoms with van der Waals surface area (Å²) in [6, 6.07) is 18.4. The molecule has 0 saturated heterocycles. The van der Waals surface area contributed by atoms with Gasteiger partial charge in [0.25, 0.3) is 0 Å². The molecule has 3 nitrogen and oxygen atoms in total. The van der Waals surface area contributed by atoms with Gasteiger partial charge in [-0.15, -0.1) is 10.2 Å². The Bertz CT molecular complexity index is 717. The molecule has 2 aromatic carbocycles. The van der Waals surface area contributed by atoms with E-state index in [9.17, 15) is 0 Å². The van der Waals surface area contributed by atoms with Gasteiger partial charge in [0.2, 0.25) is 11.8 Å². The minimum atomic E-state index is 0.521. The van der Waals surface area contributed by atoms with Gasteiger partial charge in [-0.05, 0) is 29.2 Å². The summed E-state index contributed by atoms with van der Waals surface area (Å²) >= 11 is 0. The van der Waals surface area contributed by atoms with E-state index < -0.39 is 0 Å². The largest absolute Gasteiger partial charge is 0.420 e. The summed E-state index contributed by atoms with van der Waals surface area (Å²) in [6.45, 7) is 4.39. The van der Waals surface area contributed by atoms with Gasteiger partial charge < -0.3 is 4.42 Å². The number of aromatic nitrogens is 2. The highest BCUT2D eigenvalue weighted by atomic mass is 16.4. The van der Waals surface area contributed by atoms with Gasteiger partial charge in [0.05, 0.1) is 6.42 Å². The highest BCUT2D eigenvalue weighted by Gasteiger charge is 2.09. The molecule has 0 aliphatic rings. The van der Waals surface area contributed by atoms with Crippen molar-refractivity contribution in [3.8, 4) is 11.5 Å². The molecule has 0 spiro atoms. The number of nitrogens with zero attached hydrogens (tertiary/aromatic N) is 2. The van der Waals surface area contributed by atoms with E-state index in [4.69, 9.17) is 4.42 Å². The third-order valence-electron chi connectivity index (χ3n) is 3.46. The van der Waals surface area contributed by atoms with Crippen LogP contribution in [0.4, 0.5) is 0 Å². The van der Waals surface area contributed by atoms with Crippen LogP contribution in [-0.4, -0.2) is 10.2 Å². The molecule has 0 unspecified atom stereocenters. The molecule has 0 fully saturated rings. The van der Waals surface area contributed by atoms with Gasteiger partial charge in [-0.25, -0.2) is 0 Å². The third kappa shape index (κ3) is 3.19. The Hall–Kier alpha value is -2.42. The van der Waals surface area contributed by atoms with Crippen molar-refractivity contribution in [2.45, 2.75) is 26.2 Å². The summed E-state index contributed by atoms with van der Waals surface area (Å²) in [5.41, 5.74) is 3.48. The standard InChI is InChI=1S/C18H18N2O/c1-13(2)16-10-6-7-14(11-16)12-17-19-20-18(21-17)15-8-4-3-5-9-15/h3-11,13H,12H2,1-2H3. The van der Waals surface area contributed by atoms with Crippen molar-refractivity contribution < 1.29 is 4.42 Å². The monoisotopic (exact) mass is 278 g/mol. The summed E-state index contributed by atoms with van der Waals surface area (Å²) in [5.74, 6) is 1.74. The zero-order chi connectivity index (χ0) is 14.7. The summed E-state index contributed by atoms with van der Waals surface area (Å²) in [5, 5.41) is 8.27. The Morgan fingerprint density at radius 3 is 2.52 bits per heavy atom. The molecule has 0 bridgehead atoms. The van der Waals surface area contributed by atoms with Gasteiger partial charge in [-0.3, -0.25) is 0 Å². The lowest BCUT2D eigenvalue weighted by Crippen LogP contribution is -1.92. The van der Waals surface area contributed by atoms with Crippen LogP contribution in [0.5, 0.6) is 0 Å². The van der Waals surface area contributed by atoms with Crippen LogP contribution in [0, 0.1) is 0 Å². The minimum Gasteiger partial charge on any atom is -0.420 e. The highest BCUT2D eigenvalue weighted by Crippen LogP contribution is 2.20. The van der Waals surface area contributed by atoms with Crippen LogP contribution in [0.2, 0.25) is 0 Å². The second-order valence-corrected chi connectivity index (χ2v) is 5.44. The maximum atomic E-state index is 5.75. The van der Waals surface area contributed by atoms with E-state index >= 15 is 0 Å². The van der Waals surface area contributed by atoms with Gasteiger partial charge >= 0.3 is 0 Å². The van der Waals surface area contributed by atoms with Crippen LogP contribution in [0.25, 0.3) is 11.5 Å². The zero-order valence-electron chi connectivity index (χ0n) is 12.3. The first-order chi connectivity index (χ1) is 10.2. The lowest BCUT2D eigenvalue weighted by atomic mass is 10.00. The van der Waals surface area contributed by atoms with Crippen molar-refractivity contribution in [2.75, 3.05) is 0 Å². The van der Waals surface area contributed by atoms with Crippen molar-refractivity contribution in [1.29, 1.82) is 0 Å². The Balaban J connectivity index is 1.80. The quantitative estimate of drug-likeness (QED) is 0.707. The fraction of sp³-hybridized carbons (Fsp3) is 0.222. The normalized spacial score (nSPS) is 11.0. The van der Waals surface area contributed by atoms with E-state index in [-0.39, 0.29) is 0 Å². The number of rotatable bonds is 4. The van der Waals surface area contributed by atoms with Crippen molar-refractivity contribution in [3.05, 3.63) is 71.6 Å². The number of hydrogen-bond acceptors (Lipinski definition) is 3. The second kappa shape index (κ2) is 5.92. The molecule has 0 radical (unpaired) electrons. The smallest absolute Gasteiger partial charge is 0.247 e. The van der Waals surface area contributed by atoms with E-state index in [0.29, 0.717) is 24.1 Å². The van der Waals surface area contributed by atoms with Crippen LogP contribution in [0.1, 0.15) is 36.8 Å². The molecule has 106 valence electrons. The van der Waals surface area contributed by atoms with Crippen molar-refractivity contribution in [2.24, 2.45) is 0 Å². The summed E-state index contributed by atoms with van der Waals surface area (Å²) in [7, 11) is 0. The van der Waals surface area contributed by atoms with Crippen LogP contribution >= 0.6 is 0 Å². The molecular formula is C18H18N2O. The number of hydrogen-bond donors (Lipinski definition) is 0. The molecular weight excluding hydrogens is 260 g/mol. The molecule has 0 aliphatic heterocycles. The Morgan fingerprint density at radius 2 is 1.76 bits per heavy atom. The van der Waals surface area contributed by atoms with Crippen molar-refractivity contribution in [1.82, 2.24) is 10.2 Å². The third-order valence-corrected chi connectivity index (χ3v) is 3.46. The second-order valence-electron chi connectivity index (χ2n) is 5.44. The maximum absolute atomic E-state index is 5.75. The summed E-state index contributed by atoms with van der Waals surface area (Å²) < 4.78 is 5.75. The van der Waals surface area contributed by atoms with Crippen LogP contribution < -0.4 is 0 Å². The van der Waals surface area contributed by atoms with Gasteiger partial charge in [0.15, 0.2) is 0 Å². The first-order valence-corrected chi connectivity index (χ1v) is 7.19. The fourth-order valence-corrected chi connectivity index (χ4v) is 2.26. The first-order valence-electron chi connectivity index (χ1n) is 7.19. The minimum absolute atomic E-state index is 0.521. The topological polar surface area (TPSA) is 38.9 Å². The van der Waals surface area contributed by atoms with E-state index in [2.05, 4.69) is 48.3 Å². The SMILES string of the molecule is CC(C)c1cccc(Cc2nnc(-c3ccccc3)o2)c1. The average molecular weight is 278 g/mol. The zero-order valence-corrected chi connectivity index (χ0v) is 12.3. The van der Waals surface area contributed by atoms with Gasteiger partial charge in [0.1, 0.15) is 0 Å². The van der Waals surface area contributed by atoms with Gasteiger partial charge in [-0.1, -0.05) is 56.3 Å². The highest BCUT2D eigenvalue weighted by molar-refractivity contribution is 5.51. The molecule has 1 heterocycles. The lowest BCUT2D eigenvalue weighted by Gasteiger charge is -2.06. The van der Waals surface area contributed by atoms with Crippen LogP contribution in [0.15, 0.2) is 59.0 Å². The molecule has 0 saturated carbocycles. The fourth-order valence-electron chi connectivity index (χ4n) is 2.26. The molecule has 0 N–H and O–H groups in total. The molecule has 1 aromatic heterocycles. The van der Waals surface area contributed by atoms with Crippen molar-refractivity contribution in [3.63, 3.8) is 0 Å². The molecule has 21 heavy (non-hydrogen) atoms.